The Morgan fingerprint density at radius 3 is 2.77 bits per heavy atom. The van der Waals surface area contributed by atoms with Gasteiger partial charge in [0.1, 0.15) is 11.5 Å². The van der Waals surface area contributed by atoms with Crippen LogP contribution in [0.2, 0.25) is 0 Å². The van der Waals surface area contributed by atoms with Crippen molar-refractivity contribution in [3.8, 4) is 11.5 Å². The first kappa shape index (κ1) is 20.0. The molecule has 4 rings (SSSR count). The third-order valence-electron chi connectivity index (χ3n) is 5.61. The summed E-state index contributed by atoms with van der Waals surface area (Å²) in [5.41, 5.74) is 4.38. The van der Waals surface area contributed by atoms with E-state index in [1.54, 1.807) is 14.2 Å². The maximum atomic E-state index is 12.8. The molecule has 1 N–H and O–H groups in total. The van der Waals surface area contributed by atoms with Crippen molar-refractivity contribution < 1.29 is 14.3 Å². The molecule has 2 aromatic carbocycles. The molecule has 6 nitrogen and oxygen atoms in total. The van der Waals surface area contributed by atoms with Crippen molar-refractivity contribution in [3.05, 3.63) is 77.1 Å². The zero-order valence-electron chi connectivity index (χ0n) is 17.4. The zero-order chi connectivity index (χ0) is 20.9. The lowest BCUT2D eigenvalue weighted by molar-refractivity contribution is -0.121. The number of carbonyl (C=O) groups is 1. The van der Waals surface area contributed by atoms with Crippen LogP contribution in [-0.2, 0) is 24.2 Å². The van der Waals surface area contributed by atoms with E-state index < -0.39 is 0 Å². The van der Waals surface area contributed by atoms with Gasteiger partial charge in [-0.3, -0.25) is 9.48 Å². The number of aromatic nitrogens is 2. The van der Waals surface area contributed by atoms with Crippen molar-refractivity contribution in [1.82, 2.24) is 15.1 Å². The highest BCUT2D eigenvalue weighted by Gasteiger charge is 2.26. The highest BCUT2D eigenvalue weighted by atomic mass is 16.5. The second-order valence-electron chi connectivity index (χ2n) is 7.56. The van der Waals surface area contributed by atoms with Gasteiger partial charge in [0, 0.05) is 16.8 Å². The number of benzene rings is 2. The van der Waals surface area contributed by atoms with Gasteiger partial charge in [0.2, 0.25) is 5.91 Å². The molecule has 0 spiro atoms. The Bertz CT molecular complexity index is 1010. The van der Waals surface area contributed by atoms with Gasteiger partial charge in [0.15, 0.2) is 0 Å². The predicted molar refractivity (Wildman–Crippen MR) is 115 cm³/mol. The first-order valence-corrected chi connectivity index (χ1v) is 10.3. The summed E-state index contributed by atoms with van der Waals surface area (Å²) >= 11 is 0. The topological polar surface area (TPSA) is 65.4 Å². The lowest BCUT2D eigenvalue weighted by Crippen LogP contribution is -2.32. The van der Waals surface area contributed by atoms with Gasteiger partial charge < -0.3 is 14.8 Å². The molecular formula is C24H27N3O3. The summed E-state index contributed by atoms with van der Waals surface area (Å²) in [5.74, 6) is 1.36. The van der Waals surface area contributed by atoms with Crippen molar-refractivity contribution in [3.63, 3.8) is 0 Å². The first-order valence-electron chi connectivity index (χ1n) is 10.3. The van der Waals surface area contributed by atoms with E-state index in [1.165, 1.54) is 11.3 Å². The fourth-order valence-electron chi connectivity index (χ4n) is 4.10. The van der Waals surface area contributed by atoms with Crippen molar-refractivity contribution in [2.24, 2.45) is 0 Å². The minimum Gasteiger partial charge on any atom is -0.497 e. The van der Waals surface area contributed by atoms with Crippen LogP contribution >= 0.6 is 0 Å². The Morgan fingerprint density at radius 2 is 2.00 bits per heavy atom. The molecule has 1 aliphatic carbocycles. The fraction of sp³-hybridized carbons (Fsp3) is 0.333. The van der Waals surface area contributed by atoms with E-state index in [9.17, 15) is 4.79 Å². The average Bonchev–Trinajstić information content (AvgIpc) is 3.18. The molecule has 0 unspecified atom stereocenters. The summed E-state index contributed by atoms with van der Waals surface area (Å²) < 4.78 is 12.8. The number of nitrogens with one attached hydrogen (secondary N) is 1. The molecule has 1 heterocycles. The number of amides is 1. The smallest absolute Gasteiger partial charge is 0.225 e. The molecule has 0 radical (unpaired) electrons. The quantitative estimate of drug-likeness (QED) is 0.651. The molecule has 156 valence electrons. The Morgan fingerprint density at radius 1 is 1.17 bits per heavy atom. The van der Waals surface area contributed by atoms with E-state index in [-0.39, 0.29) is 18.4 Å². The molecule has 6 heteroatoms. The summed E-state index contributed by atoms with van der Waals surface area (Å²) in [6.07, 6.45) is 5.09. The minimum absolute atomic E-state index is 0.0117. The molecule has 1 atom stereocenters. The average molecular weight is 405 g/mol. The highest BCUT2D eigenvalue weighted by molar-refractivity contribution is 5.80. The van der Waals surface area contributed by atoms with E-state index in [0.717, 1.165) is 36.9 Å². The highest BCUT2D eigenvalue weighted by Crippen LogP contribution is 2.30. The van der Waals surface area contributed by atoms with Crippen molar-refractivity contribution >= 4 is 5.91 Å². The standard InChI is InChI=1S/C24H27N3O3/c1-29-19-11-12-23(30-2)18(13-19)14-24(28)26-21-9-6-10-22-20(21)15-25-27(22)16-17-7-4-3-5-8-17/h3-5,7-8,11-13,15,21H,6,9-10,14,16H2,1-2H3,(H,26,28)/t21-/m0/s1. The zero-order valence-corrected chi connectivity index (χ0v) is 17.4. The van der Waals surface area contributed by atoms with Gasteiger partial charge in [-0.15, -0.1) is 0 Å². The molecule has 30 heavy (non-hydrogen) atoms. The number of carbonyl (C=O) groups excluding carboxylic acids is 1. The minimum atomic E-state index is -0.0322. The van der Waals surface area contributed by atoms with Crippen LogP contribution in [0.1, 0.15) is 41.3 Å². The fourth-order valence-corrected chi connectivity index (χ4v) is 4.10. The number of rotatable bonds is 7. The lowest BCUT2D eigenvalue weighted by Gasteiger charge is -2.24. The monoisotopic (exact) mass is 405 g/mol. The van der Waals surface area contributed by atoms with Crippen molar-refractivity contribution in [1.29, 1.82) is 0 Å². The second kappa shape index (κ2) is 9.03. The Hall–Kier alpha value is -3.28. The largest absolute Gasteiger partial charge is 0.497 e. The molecule has 0 aliphatic heterocycles. The Balaban J connectivity index is 1.47. The van der Waals surface area contributed by atoms with Gasteiger partial charge in [-0.2, -0.15) is 5.10 Å². The van der Waals surface area contributed by atoms with Crippen molar-refractivity contribution in [2.75, 3.05) is 14.2 Å². The SMILES string of the molecule is COc1ccc(OC)c(CC(=O)N[C@H]2CCCc3c2cnn3Cc2ccccc2)c1. The van der Waals surface area contributed by atoms with Gasteiger partial charge in [-0.25, -0.2) is 0 Å². The summed E-state index contributed by atoms with van der Waals surface area (Å²) in [6, 6.07) is 15.8. The molecule has 3 aromatic rings. The number of ether oxygens (including phenoxy) is 2. The van der Waals surface area contributed by atoms with Crippen LogP contribution in [0.15, 0.2) is 54.7 Å². The molecule has 0 fully saturated rings. The van der Waals surface area contributed by atoms with Gasteiger partial charge in [0.25, 0.3) is 0 Å². The molecule has 0 bridgehead atoms. The van der Waals surface area contributed by atoms with E-state index in [2.05, 4.69) is 27.2 Å². The van der Waals surface area contributed by atoms with Gasteiger partial charge in [0.05, 0.1) is 39.4 Å². The number of nitrogens with zero attached hydrogens (tertiary/aromatic N) is 2. The van der Waals surface area contributed by atoms with Gasteiger partial charge in [-0.1, -0.05) is 30.3 Å². The van der Waals surface area contributed by atoms with Crippen LogP contribution in [0, 0.1) is 0 Å². The van der Waals surface area contributed by atoms with Crippen molar-refractivity contribution in [2.45, 2.75) is 38.3 Å². The number of methoxy groups -OCH3 is 2. The maximum absolute atomic E-state index is 12.8. The van der Waals surface area contributed by atoms with Gasteiger partial charge >= 0.3 is 0 Å². The Labute approximate surface area is 176 Å². The van der Waals surface area contributed by atoms with E-state index in [1.807, 2.05) is 42.6 Å². The van der Waals surface area contributed by atoms with Gasteiger partial charge in [-0.05, 0) is 43.0 Å². The van der Waals surface area contributed by atoms with Crippen LogP contribution in [0.25, 0.3) is 0 Å². The van der Waals surface area contributed by atoms with Crippen LogP contribution in [-0.4, -0.2) is 29.9 Å². The van der Waals surface area contributed by atoms with E-state index in [4.69, 9.17) is 9.47 Å². The summed E-state index contributed by atoms with van der Waals surface area (Å²) in [4.78, 5) is 12.8. The molecule has 1 aromatic heterocycles. The number of hydrogen-bond acceptors (Lipinski definition) is 4. The molecule has 0 saturated heterocycles. The summed E-state index contributed by atoms with van der Waals surface area (Å²) in [5, 5.41) is 7.81. The third kappa shape index (κ3) is 4.32. The molecule has 1 aliphatic rings. The van der Waals surface area contributed by atoms with Crippen LogP contribution in [0.5, 0.6) is 11.5 Å². The molecule has 0 saturated carbocycles. The summed E-state index contributed by atoms with van der Waals surface area (Å²) in [7, 11) is 3.22. The first-order chi connectivity index (χ1) is 14.7. The summed E-state index contributed by atoms with van der Waals surface area (Å²) in [6.45, 7) is 0.748. The third-order valence-corrected chi connectivity index (χ3v) is 5.61. The predicted octanol–water partition coefficient (Wildman–Crippen LogP) is 3.68. The molecule has 1 amide bonds. The normalized spacial score (nSPS) is 15.3. The van der Waals surface area contributed by atoms with E-state index >= 15 is 0 Å². The van der Waals surface area contributed by atoms with Crippen LogP contribution in [0.4, 0.5) is 0 Å². The lowest BCUT2D eigenvalue weighted by atomic mass is 9.92. The van der Waals surface area contributed by atoms with E-state index in [0.29, 0.717) is 11.5 Å². The number of fused-ring (bicyclic) bond motifs is 1. The van der Waals surface area contributed by atoms with Crippen LogP contribution < -0.4 is 14.8 Å². The Kier molecular flexibility index (Phi) is 6.02. The maximum Gasteiger partial charge on any atom is 0.225 e. The molecular weight excluding hydrogens is 378 g/mol. The second-order valence-corrected chi connectivity index (χ2v) is 7.56. The number of hydrogen-bond donors (Lipinski definition) is 1. The van der Waals surface area contributed by atoms with Crippen LogP contribution in [0.3, 0.4) is 0 Å².